The number of aryl methyl sites for hydroxylation is 1. The Morgan fingerprint density at radius 2 is 2.00 bits per heavy atom. The average Bonchev–Trinajstić information content (AvgIpc) is 2.15. The molecule has 0 atom stereocenters. The number of alkyl halides is 3. The maximum Gasteiger partial charge on any atom is 0.573 e. The summed E-state index contributed by atoms with van der Waals surface area (Å²) in [6.45, 7) is 1.88. The first-order valence-corrected chi connectivity index (χ1v) is 4.54. The van der Waals surface area contributed by atoms with Crippen molar-refractivity contribution < 1.29 is 17.9 Å². The largest absolute Gasteiger partial charge is 0.573 e. The molecular formula is C10H12F3NO. The predicted octanol–water partition coefficient (Wildman–Crippen LogP) is 2.61. The Kier molecular flexibility index (Phi) is 3.57. The molecule has 0 heterocycles. The first kappa shape index (κ1) is 11.8. The number of nitrogens with two attached hydrogens (primary N) is 1. The van der Waals surface area contributed by atoms with Gasteiger partial charge < -0.3 is 10.5 Å². The van der Waals surface area contributed by atoms with Crippen LogP contribution in [0.25, 0.3) is 0 Å². The third-order valence-corrected chi connectivity index (χ3v) is 1.99. The van der Waals surface area contributed by atoms with E-state index in [9.17, 15) is 13.2 Å². The summed E-state index contributed by atoms with van der Waals surface area (Å²) in [6.07, 6.45) is -4.02. The first-order valence-electron chi connectivity index (χ1n) is 4.54. The standard InChI is InChI=1S/C10H12F3NO/c1-2-7-3-4-8(6-14)9(5-7)15-10(11,12)13/h3-5H,2,6,14H2,1H3. The Morgan fingerprint density at radius 1 is 1.33 bits per heavy atom. The maximum absolute atomic E-state index is 12.0. The van der Waals surface area contributed by atoms with Gasteiger partial charge in [0.1, 0.15) is 5.75 Å². The number of halogens is 3. The van der Waals surface area contributed by atoms with Gasteiger partial charge in [0.05, 0.1) is 0 Å². The van der Waals surface area contributed by atoms with Gasteiger partial charge in [-0.2, -0.15) is 0 Å². The van der Waals surface area contributed by atoms with E-state index < -0.39 is 6.36 Å². The second-order valence-corrected chi connectivity index (χ2v) is 3.05. The van der Waals surface area contributed by atoms with Crippen molar-refractivity contribution in [2.75, 3.05) is 0 Å². The van der Waals surface area contributed by atoms with E-state index in [1.165, 1.54) is 6.07 Å². The van der Waals surface area contributed by atoms with Crippen molar-refractivity contribution in [1.82, 2.24) is 0 Å². The fraction of sp³-hybridized carbons (Fsp3) is 0.400. The number of ether oxygens (including phenoxy) is 1. The third kappa shape index (κ3) is 3.43. The van der Waals surface area contributed by atoms with E-state index in [-0.39, 0.29) is 12.3 Å². The lowest BCUT2D eigenvalue weighted by molar-refractivity contribution is -0.274. The highest BCUT2D eigenvalue weighted by Crippen LogP contribution is 2.27. The van der Waals surface area contributed by atoms with Crippen LogP contribution in [0.1, 0.15) is 18.1 Å². The third-order valence-electron chi connectivity index (χ3n) is 1.99. The monoisotopic (exact) mass is 219 g/mol. The van der Waals surface area contributed by atoms with Crippen molar-refractivity contribution >= 4 is 0 Å². The van der Waals surface area contributed by atoms with Crippen LogP contribution in [0.5, 0.6) is 5.75 Å². The molecule has 5 heteroatoms. The smallest absolute Gasteiger partial charge is 0.405 e. The van der Waals surface area contributed by atoms with Crippen molar-refractivity contribution in [3.63, 3.8) is 0 Å². The highest BCUT2D eigenvalue weighted by atomic mass is 19.4. The SMILES string of the molecule is CCc1ccc(CN)c(OC(F)(F)F)c1. The van der Waals surface area contributed by atoms with Crippen molar-refractivity contribution in [3.8, 4) is 5.75 Å². The predicted molar refractivity (Wildman–Crippen MR) is 50.4 cm³/mol. The summed E-state index contributed by atoms with van der Waals surface area (Å²) in [6, 6.07) is 4.67. The van der Waals surface area contributed by atoms with Crippen LogP contribution in [0, 0.1) is 0 Å². The van der Waals surface area contributed by atoms with E-state index in [1.54, 1.807) is 12.1 Å². The minimum Gasteiger partial charge on any atom is -0.405 e. The highest BCUT2D eigenvalue weighted by Gasteiger charge is 2.31. The molecule has 0 spiro atoms. The summed E-state index contributed by atoms with van der Waals surface area (Å²) in [4.78, 5) is 0. The fourth-order valence-electron chi connectivity index (χ4n) is 1.21. The van der Waals surface area contributed by atoms with E-state index in [1.807, 2.05) is 6.92 Å². The lowest BCUT2D eigenvalue weighted by Gasteiger charge is -2.13. The molecule has 0 unspecified atom stereocenters. The Balaban J connectivity index is 3.01. The topological polar surface area (TPSA) is 35.2 Å². The molecule has 1 aromatic rings. The molecule has 0 saturated heterocycles. The van der Waals surface area contributed by atoms with Crippen molar-refractivity contribution in [1.29, 1.82) is 0 Å². The lowest BCUT2D eigenvalue weighted by Crippen LogP contribution is -2.18. The molecule has 0 radical (unpaired) electrons. The van der Waals surface area contributed by atoms with E-state index in [2.05, 4.69) is 4.74 Å². The average molecular weight is 219 g/mol. The van der Waals surface area contributed by atoms with Gasteiger partial charge in [-0.3, -0.25) is 0 Å². The van der Waals surface area contributed by atoms with E-state index in [0.717, 1.165) is 5.56 Å². The number of hydrogen-bond donors (Lipinski definition) is 1. The molecule has 0 amide bonds. The van der Waals surface area contributed by atoms with Gasteiger partial charge in [0.2, 0.25) is 0 Å². The second kappa shape index (κ2) is 4.53. The Labute approximate surface area is 85.8 Å². The lowest BCUT2D eigenvalue weighted by atomic mass is 10.1. The van der Waals surface area contributed by atoms with Crippen LogP contribution in [0.4, 0.5) is 13.2 Å². The number of hydrogen-bond acceptors (Lipinski definition) is 2. The van der Waals surface area contributed by atoms with Crippen LogP contribution in [0.3, 0.4) is 0 Å². The molecule has 0 aromatic heterocycles. The van der Waals surface area contributed by atoms with E-state index in [4.69, 9.17) is 5.73 Å². The second-order valence-electron chi connectivity index (χ2n) is 3.05. The molecule has 0 saturated carbocycles. The number of rotatable bonds is 3. The van der Waals surface area contributed by atoms with Gasteiger partial charge in [-0.05, 0) is 18.1 Å². The summed E-state index contributed by atoms with van der Waals surface area (Å²) >= 11 is 0. The van der Waals surface area contributed by atoms with Crippen LogP contribution in [-0.2, 0) is 13.0 Å². The fourth-order valence-corrected chi connectivity index (χ4v) is 1.21. The van der Waals surface area contributed by atoms with E-state index in [0.29, 0.717) is 12.0 Å². The quantitative estimate of drug-likeness (QED) is 0.848. The molecule has 2 N–H and O–H groups in total. The minimum atomic E-state index is -4.67. The molecule has 0 aliphatic rings. The number of benzene rings is 1. The summed E-state index contributed by atoms with van der Waals surface area (Å²) in [7, 11) is 0. The van der Waals surface area contributed by atoms with Crippen LogP contribution in [0.15, 0.2) is 18.2 Å². The summed E-state index contributed by atoms with van der Waals surface area (Å²) < 4.78 is 40.0. The molecule has 0 fully saturated rings. The van der Waals surface area contributed by atoms with Gasteiger partial charge in [-0.15, -0.1) is 13.2 Å². The highest BCUT2D eigenvalue weighted by molar-refractivity contribution is 5.37. The molecule has 15 heavy (non-hydrogen) atoms. The maximum atomic E-state index is 12.0. The van der Waals surface area contributed by atoms with E-state index >= 15 is 0 Å². The minimum absolute atomic E-state index is 0.0232. The molecule has 1 rings (SSSR count). The Bertz CT molecular complexity index is 336. The first-order chi connectivity index (χ1) is 6.96. The Morgan fingerprint density at radius 3 is 2.47 bits per heavy atom. The van der Waals surface area contributed by atoms with Gasteiger partial charge >= 0.3 is 6.36 Å². The summed E-state index contributed by atoms with van der Waals surface area (Å²) in [5.41, 5.74) is 6.45. The Hall–Kier alpha value is -1.23. The zero-order valence-corrected chi connectivity index (χ0v) is 8.27. The summed E-state index contributed by atoms with van der Waals surface area (Å²) in [5.74, 6) is -0.204. The molecule has 84 valence electrons. The van der Waals surface area contributed by atoms with Gasteiger partial charge in [0.25, 0.3) is 0 Å². The van der Waals surface area contributed by atoms with Gasteiger partial charge in [-0.1, -0.05) is 19.1 Å². The molecule has 0 aliphatic heterocycles. The van der Waals surface area contributed by atoms with Crippen LogP contribution >= 0.6 is 0 Å². The normalized spacial score (nSPS) is 11.5. The van der Waals surface area contributed by atoms with Crippen LogP contribution in [0.2, 0.25) is 0 Å². The van der Waals surface area contributed by atoms with Crippen molar-refractivity contribution in [2.45, 2.75) is 26.3 Å². The van der Waals surface area contributed by atoms with Gasteiger partial charge in [0, 0.05) is 12.1 Å². The zero-order valence-electron chi connectivity index (χ0n) is 8.27. The van der Waals surface area contributed by atoms with Crippen LogP contribution in [-0.4, -0.2) is 6.36 Å². The molecule has 1 aromatic carbocycles. The van der Waals surface area contributed by atoms with Gasteiger partial charge in [0.15, 0.2) is 0 Å². The summed E-state index contributed by atoms with van der Waals surface area (Å²) in [5, 5.41) is 0. The van der Waals surface area contributed by atoms with Crippen molar-refractivity contribution in [3.05, 3.63) is 29.3 Å². The van der Waals surface area contributed by atoms with Gasteiger partial charge in [-0.25, -0.2) is 0 Å². The zero-order chi connectivity index (χ0) is 11.5. The van der Waals surface area contributed by atoms with Crippen molar-refractivity contribution in [2.24, 2.45) is 5.73 Å². The molecule has 0 aliphatic carbocycles. The van der Waals surface area contributed by atoms with Crippen LogP contribution < -0.4 is 10.5 Å². The molecule has 2 nitrogen and oxygen atoms in total. The molecular weight excluding hydrogens is 207 g/mol. The molecule has 0 bridgehead atoms.